The molecule has 0 heterocycles. The molecule has 0 aliphatic heterocycles. The van der Waals surface area contributed by atoms with E-state index in [0.29, 0.717) is 18.1 Å². The van der Waals surface area contributed by atoms with E-state index >= 15 is 0 Å². The molecule has 5 nitrogen and oxygen atoms in total. The minimum absolute atomic E-state index is 0.0125. The predicted molar refractivity (Wildman–Crippen MR) is 68.9 cm³/mol. The van der Waals surface area contributed by atoms with Crippen molar-refractivity contribution in [1.82, 2.24) is 4.31 Å². The van der Waals surface area contributed by atoms with Gasteiger partial charge in [0.15, 0.2) is 0 Å². The topological polar surface area (TPSA) is 72.6 Å². The van der Waals surface area contributed by atoms with E-state index in [0.717, 1.165) is 0 Å². The number of nitrogens with two attached hydrogens (primary N) is 1. The minimum atomic E-state index is -3.27. The van der Waals surface area contributed by atoms with Crippen LogP contribution in [0, 0.1) is 5.92 Å². The average Bonchev–Trinajstić information content (AvgIpc) is 2.17. The van der Waals surface area contributed by atoms with Crippen LogP contribution in [0.15, 0.2) is 0 Å². The third kappa shape index (κ3) is 5.74. The molecule has 2 N–H and O–H groups in total. The van der Waals surface area contributed by atoms with Gasteiger partial charge in [-0.25, -0.2) is 12.7 Å². The van der Waals surface area contributed by atoms with Crippen molar-refractivity contribution in [3.05, 3.63) is 0 Å². The van der Waals surface area contributed by atoms with Crippen molar-refractivity contribution < 1.29 is 13.2 Å². The lowest BCUT2D eigenvalue weighted by molar-refractivity contribution is 0.162. The maximum Gasteiger partial charge on any atom is 0.216 e. The number of rotatable bonds is 8. The lowest BCUT2D eigenvalue weighted by Gasteiger charge is -2.20. The van der Waals surface area contributed by atoms with Crippen molar-refractivity contribution in [2.75, 3.05) is 32.6 Å². The number of sulfonamides is 1. The normalized spacial score (nSPS) is 14.0. The Morgan fingerprint density at radius 1 is 1.56 bits per heavy atom. The molecule has 16 heavy (non-hydrogen) atoms. The van der Waals surface area contributed by atoms with Gasteiger partial charge in [0, 0.05) is 26.1 Å². The Hall–Kier alpha value is -0.240. The van der Waals surface area contributed by atoms with Crippen LogP contribution in [0.2, 0.25) is 0 Å². The van der Waals surface area contributed by atoms with Crippen molar-refractivity contribution in [1.29, 1.82) is 0 Å². The monoisotopic (exact) mass is 268 g/mol. The smallest absolute Gasteiger partial charge is 0.216 e. The van der Waals surface area contributed by atoms with Crippen LogP contribution in [0.25, 0.3) is 0 Å². The van der Waals surface area contributed by atoms with Gasteiger partial charge in [-0.1, -0.05) is 19.1 Å². The Balaban J connectivity index is 4.24. The molecule has 0 aliphatic rings. The Morgan fingerprint density at radius 3 is 2.56 bits per heavy atom. The Labute approximate surface area is 103 Å². The first-order valence-corrected chi connectivity index (χ1v) is 7.14. The van der Waals surface area contributed by atoms with Crippen molar-refractivity contribution in [2.45, 2.75) is 13.8 Å². The van der Waals surface area contributed by atoms with Crippen LogP contribution in [0.4, 0.5) is 0 Å². The molecule has 1 atom stereocenters. The van der Waals surface area contributed by atoms with Gasteiger partial charge in [0.2, 0.25) is 10.0 Å². The number of hydrogen-bond donors (Lipinski definition) is 1. The van der Waals surface area contributed by atoms with E-state index in [1.807, 2.05) is 6.92 Å². The van der Waals surface area contributed by atoms with Crippen LogP contribution in [0.3, 0.4) is 0 Å². The molecule has 0 aromatic rings. The molecular formula is C9H20N2O3S2. The molecule has 0 aromatic heterocycles. The number of thiocarbonyl (C=S) groups is 1. The lowest BCUT2D eigenvalue weighted by atomic mass is 10.2. The van der Waals surface area contributed by atoms with Crippen molar-refractivity contribution >= 4 is 27.2 Å². The van der Waals surface area contributed by atoms with E-state index in [4.69, 9.17) is 22.7 Å². The van der Waals surface area contributed by atoms with Crippen LogP contribution >= 0.6 is 12.2 Å². The zero-order valence-electron chi connectivity index (χ0n) is 9.97. The summed E-state index contributed by atoms with van der Waals surface area (Å²) in [5.74, 6) is -0.136. The summed E-state index contributed by atoms with van der Waals surface area (Å²) in [6.45, 7) is 4.67. The summed E-state index contributed by atoms with van der Waals surface area (Å²) in [5, 5.41) is 0. The number of nitrogens with zero attached hydrogens (tertiary/aromatic N) is 1. The highest BCUT2D eigenvalue weighted by molar-refractivity contribution is 7.89. The summed E-state index contributed by atoms with van der Waals surface area (Å²) in [4.78, 5) is 0.326. The van der Waals surface area contributed by atoms with Gasteiger partial charge in [-0.3, -0.25) is 0 Å². The minimum Gasteiger partial charge on any atom is -0.393 e. The molecule has 0 fully saturated rings. The van der Waals surface area contributed by atoms with E-state index in [1.165, 1.54) is 11.4 Å². The van der Waals surface area contributed by atoms with E-state index in [-0.39, 0.29) is 18.3 Å². The molecular weight excluding hydrogens is 248 g/mol. The van der Waals surface area contributed by atoms with Gasteiger partial charge in [-0.05, 0) is 6.92 Å². The molecule has 0 aliphatic carbocycles. The van der Waals surface area contributed by atoms with Gasteiger partial charge in [0.25, 0.3) is 0 Å². The fourth-order valence-electron chi connectivity index (χ4n) is 1.05. The van der Waals surface area contributed by atoms with Crippen LogP contribution in [0.1, 0.15) is 13.8 Å². The maximum atomic E-state index is 11.7. The molecule has 0 rings (SSSR count). The molecule has 0 spiro atoms. The van der Waals surface area contributed by atoms with Gasteiger partial charge in [-0.2, -0.15) is 0 Å². The highest BCUT2D eigenvalue weighted by Gasteiger charge is 2.20. The molecule has 0 radical (unpaired) electrons. The van der Waals surface area contributed by atoms with E-state index < -0.39 is 10.0 Å². The highest BCUT2D eigenvalue weighted by atomic mass is 32.2. The van der Waals surface area contributed by atoms with E-state index in [1.54, 1.807) is 6.92 Å². The Kier molecular flexibility index (Phi) is 7.05. The summed E-state index contributed by atoms with van der Waals surface area (Å²) >= 11 is 4.80. The summed E-state index contributed by atoms with van der Waals surface area (Å²) in [7, 11) is -1.74. The zero-order valence-corrected chi connectivity index (χ0v) is 11.6. The Bertz CT molecular complexity index is 317. The van der Waals surface area contributed by atoms with Gasteiger partial charge < -0.3 is 10.5 Å². The van der Waals surface area contributed by atoms with E-state index in [9.17, 15) is 8.42 Å². The Morgan fingerprint density at radius 2 is 2.12 bits per heavy atom. The fourth-order valence-corrected chi connectivity index (χ4v) is 2.22. The van der Waals surface area contributed by atoms with Crippen molar-refractivity contribution in [3.63, 3.8) is 0 Å². The van der Waals surface area contributed by atoms with Crippen LogP contribution in [-0.2, 0) is 14.8 Å². The van der Waals surface area contributed by atoms with Crippen LogP contribution in [-0.4, -0.2) is 50.3 Å². The second-order valence-corrected chi connectivity index (χ2v) is 6.26. The fraction of sp³-hybridized carbons (Fsp3) is 0.889. The SMILES string of the molecule is CCOCCS(=O)(=O)N(C)CC(C)C(N)=S. The van der Waals surface area contributed by atoms with Gasteiger partial charge in [-0.15, -0.1) is 0 Å². The van der Waals surface area contributed by atoms with Gasteiger partial charge in [0.05, 0.1) is 17.3 Å². The molecule has 0 saturated heterocycles. The van der Waals surface area contributed by atoms with Crippen molar-refractivity contribution in [2.24, 2.45) is 11.7 Å². The molecule has 0 bridgehead atoms. The molecule has 7 heteroatoms. The second kappa shape index (κ2) is 7.16. The average molecular weight is 268 g/mol. The quantitative estimate of drug-likeness (QED) is 0.503. The van der Waals surface area contributed by atoms with E-state index in [2.05, 4.69) is 0 Å². The molecule has 0 amide bonds. The van der Waals surface area contributed by atoms with Crippen molar-refractivity contribution in [3.8, 4) is 0 Å². The summed E-state index contributed by atoms with van der Waals surface area (Å²) in [6, 6.07) is 0. The van der Waals surface area contributed by atoms with Crippen LogP contribution in [0.5, 0.6) is 0 Å². The summed E-state index contributed by atoms with van der Waals surface area (Å²) < 4.78 is 29.7. The van der Waals surface area contributed by atoms with Gasteiger partial charge >= 0.3 is 0 Å². The zero-order chi connectivity index (χ0) is 12.8. The maximum absolute atomic E-state index is 11.7. The molecule has 1 unspecified atom stereocenters. The first-order chi connectivity index (χ1) is 7.31. The second-order valence-electron chi connectivity index (χ2n) is 3.60. The van der Waals surface area contributed by atoms with Gasteiger partial charge in [0.1, 0.15) is 0 Å². The lowest BCUT2D eigenvalue weighted by Crippen LogP contribution is -2.37. The first-order valence-electron chi connectivity index (χ1n) is 5.12. The number of hydrogen-bond acceptors (Lipinski definition) is 4. The summed E-state index contributed by atoms with van der Waals surface area (Å²) in [5.41, 5.74) is 5.43. The van der Waals surface area contributed by atoms with Crippen LogP contribution < -0.4 is 5.73 Å². The highest BCUT2D eigenvalue weighted by Crippen LogP contribution is 2.04. The third-order valence-corrected chi connectivity index (χ3v) is 4.37. The molecule has 0 aromatic carbocycles. The number of ether oxygens (including phenoxy) is 1. The predicted octanol–water partition coefficient (Wildman–Crippen LogP) is 0.207. The molecule has 96 valence electrons. The standard InChI is InChI=1S/C9H20N2O3S2/c1-4-14-5-6-16(12,13)11(3)7-8(2)9(10)15/h8H,4-7H2,1-3H3,(H2,10,15). The molecule has 0 saturated carbocycles. The first kappa shape index (κ1) is 15.8. The third-order valence-electron chi connectivity index (χ3n) is 2.18. The summed E-state index contributed by atoms with van der Waals surface area (Å²) in [6.07, 6.45) is 0. The largest absolute Gasteiger partial charge is 0.393 e.